The van der Waals surface area contributed by atoms with Crippen LogP contribution in [-0.4, -0.2) is 35.0 Å². The zero-order valence-electron chi connectivity index (χ0n) is 17.4. The van der Waals surface area contributed by atoms with Crippen molar-refractivity contribution in [3.63, 3.8) is 0 Å². The maximum Gasteiger partial charge on any atom is 0.121 e. The summed E-state index contributed by atoms with van der Waals surface area (Å²) >= 11 is 0. The molecule has 0 saturated carbocycles. The summed E-state index contributed by atoms with van der Waals surface area (Å²) in [7, 11) is 0. The van der Waals surface area contributed by atoms with Gasteiger partial charge in [-0.25, -0.2) is 0 Å². The van der Waals surface area contributed by atoms with Crippen LogP contribution in [0, 0.1) is 0 Å². The molecule has 3 aromatic carbocycles. The number of β-amino-alcohol motifs (C(OH)–C–C–N with tert-alkyl or cyclic N) is 1. The van der Waals surface area contributed by atoms with Gasteiger partial charge in [-0.15, -0.1) is 0 Å². The molecule has 0 fully saturated rings. The number of aliphatic hydroxyl groups is 1. The molecule has 4 nitrogen and oxygen atoms in total. The van der Waals surface area contributed by atoms with Crippen molar-refractivity contribution in [2.45, 2.75) is 44.9 Å². The Hall–Kier alpha value is -2.40. The van der Waals surface area contributed by atoms with Crippen LogP contribution in [0.25, 0.3) is 10.8 Å². The quantitative estimate of drug-likeness (QED) is 0.497. The van der Waals surface area contributed by atoms with Crippen molar-refractivity contribution in [2.75, 3.05) is 13.2 Å². The van der Waals surface area contributed by atoms with Gasteiger partial charge in [0.05, 0.1) is 18.8 Å². The molecule has 3 rings (SSSR count). The summed E-state index contributed by atoms with van der Waals surface area (Å²) in [5.41, 5.74) is 1.83. The number of para-hydroxylation sites is 1. The Morgan fingerprint density at radius 2 is 1.66 bits per heavy atom. The fourth-order valence-corrected chi connectivity index (χ4v) is 3.55. The lowest BCUT2D eigenvalue weighted by Crippen LogP contribution is -2.46. The highest BCUT2D eigenvalue weighted by atomic mass is 16.5. The second kappa shape index (κ2) is 9.40. The lowest BCUT2D eigenvalue weighted by Gasteiger charge is -2.28. The Morgan fingerprint density at radius 1 is 0.966 bits per heavy atom. The minimum atomic E-state index is -0.626. The van der Waals surface area contributed by atoms with Crippen LogP contribution in [0.4, 0.5) is 0 Å². The van der Waals surface area contributed by atoms with Gasteiger partial charge >= 0.3 is 0 Å². The Balaban J connectivity index is 1.49. The van der Waals surface area contributed by atoms with E-state index < -0.39 is 6.10 Å². The molecule has 0 bridgehead atoms. The number of hydrogen-bond donors (Lipinski definition) is 3. The molecule has 2 unspecified atom stereocenters. The van der Waals surface area contributed by atoms with E-state index in [2.05, 4.69) is 61.6 Å². The van der Waals surface area contributed by atoms with Crippen LogP contribution in [0.3, 0.4) is 0 Å². The van der Waals surface area contributed by atoms with Gasteiger partial charge in [-0.3, -0.25) is 0 Å². The second-order valence-electron chi connectivity index (χ2n) is 8.31. The van der Waals surface area contributed by atoms with Gasteiger partial charge in [-0.05, 0) is 49.6 Å². The van der Waals surface area contributed by atoms with Crippen LogP contribution in [0.1, 0.15) is 38.0 Å². The Morgan fingerprint density at radius 3 is 2.41 bits per heavy atom. The van der Waals surface area contributed by atoms with Crippen LogP contribution < -0.4 is 5.32 Å². The van der Waals surface area contributed by atoms with Gasteiger partial charge in [0, 0.05) is 17.6 Å². The predicted molar refractivity (Wildman–Crippen MR) is 118 cm³/mol. The molecule has 0 aliphatic carbocycles. The lowest BCUT2D eigenvalue weighted by atomic mass is 9.93. The van der Waals surface area contributed by atoms with Gasteiger partial charge in [0.15, 0.2) is 0 Å². The monoisotopic (exact) mass is 393 g/mol. The van der Waals surface area contributed by atoms with E-state index in [-0.39, 0.29) is 24.0 Å². The molecular formula is C25H31NO3. The number of phenolic OH excluding ortho intramolecular Hbond substituents is 1. The van der Waals surface area contributed by atoms with Crippen molar-refractivity contribution in [2.24, 2.45) is 0 Å². The number of rotatable bonds is 9. The third-order valence-corrected chi connectivity index (χ3v) is 5.19. The van der Waals surface area contributed by atoms with E-state index in [0.717, 1.165) is 12.0 Å². The highest BCUT2D eigenvalue weighted by molar-refractivity contribution is 5.83. The Kier molecular flexibility index (Phi) is 6.91. The maximum atomic E-state index is 10.3. The summed E-state index contributed by atoms with van der Waals surface area (Å²) < 4.78 is 5.75. The van der Waals surface area contributed by atoms with Crippen molar-refractivity contribution < 1.29 is 14.9 Å². The molecule has 0 aromatic heterocycles. The van der Waals surface area contributed by atoms with E-state index >= 15 is 0 Å². The van der Waals surface area contributed by atoms with E-state index in [9.17, 15) is 10.2 Å². The molecule has 3 N–H and O–H groups in total. The highest BCUT2D eigenvalue weighted by Gasteiger charge is 2.20. The average Bonchev–Trinajstić information content (AvgIpc) is 2.70. The average molecular weight is 394 g/mol. The summed E-state index contributed by atoms with van der Waals surface area (Å²) in [5, 5.41) is 26.2. The molecule has 0 saturated heterocycles. The van der Waals surface area contributed by atoms with Gasteiger partial charge < -0.3 is 20.3 Å². The Labute approximate surface area is 173 Å². The van der Waals surface area contributed by atoms with E-state index in [1.165, 1.54) is 16.3 Å². The van der Waals surface area contributed by atoms with Gasteiger partial charge in [0.1, 0.15) is 5.75 Å². The highest BCUT2D eigenvalue weighted by Crippen LogP contribution is 2.26. The molecule has 0 spiro atoms. The van der Waals surface area contributed by atoms with Crippen molar-refractivity contribution in [3.05, 3.63) is 77.9 Å². The number of ether oxygens (including phenoxy) is 1. The topological polar surface area (TPSA) is 61.7 Å². The first-order valence-electron chi connectivity index (χ1n) is 10.1. The fourth-order valence-electron chi connectivity index (χ4n) is 3.55. The molecule has 29 heavy (non-hydrogen) atoms. The zero-order valence-corrected chi connectivity index (χ0v) is 17.4. The van der Waals surface area contributed by atoms with E-state index in [1.807, 2.05) is 19.1 Å². The smallest absolute Gasteiger partial charge is 0.121 e. The van der Waals surface area contributed by atoms with Gasteiger partial charge in [0.2, 0.25) is 0 Å². The number of benzene rings is 3. The number of phenols is 1. The van der Waals surface area contributed by atoms with Gasteiger partial charge in [0.25, 0.3) is 0 Å². The van der Waals surface area contributed by atoms with Crippen molar-refractivity contribution in [1.82, 2.24) is 5.32 Å². The first kappa shape index (κ1) is 21.3. The normalized spacial score (nSPS) is 14.1. The minimum absolute atomic E-state index is 0.160. The maximum absolute atomic E-state index is 10.3. The second-order valence-corrected chi connectivity index (χ2v) is 8.31. The third kappa shape index (κ3) is 6.04. The van der Waals surface area contributed by atoms with Crippen LogP contribution >= 0.6 is 0 Å². The van der Waals surface area contributed by atoms with Gasteiger partial charge in [-0.2, -0.15) is 0 Å². The number of aromatic hydroxyl groups is 1. The fraction of sp³-hybridized carbons (Fsp3) is 0.360. The van der Waals surface area contributed by atoms with Crippen LogP contribution in [0.2, 0.25) is 0 Å². The molecule has 3 aromatic rings. The van der Waals surface area contributed by atoms with Crippen molar-refractivity contribution in [3.8, 4) is 5.75 Å². The molecule has 0 aliphatic heterocycles. The largest absolute Gasteiger partial charge is 0.508 e. The molecule has 0 heterocycles. The number of aliphatic hydroxyl groups excluding tert-OH is 1. The number of hydrogen-bond acceptors (Lipinski definition) is 4. The van der Waals surface area contributed by atoms with Crippen LogP contribution in [-0.2, 0) is 11.2 Å². The summed E-state index contributed by atoms with van der Waals surface area (Å²) in [5.74, 6) is 0.212. The first-order chi connectivity index (χ1) is 13.8. The molecular weight excluding hydrogens is 362 g/mol. The van der Waals surface area contributed by atoms with E-state index in [0.29, 0.717) is 6.54 Å². The first-order valence-corrected chi connectivity index (χ1v) is 10.1. The zero-order chi connectivity index (χ0) is 20.9. The Bertz CT molecular complexity index is 938. The van der Waals surface area contributed by atoms with Crippen LogP contribution in [0.5, 0.6) is 5.75 Å². The summed E-state index contributed by atoms with van der Waals surface area (Å²) in [4.78, 5) is 0. The molecule has 2 atom stereocenters. The SMILES string of the molecule is CC(OCC(O)CNC(C)(C)Cc1ccc2ccccc2c1)c1ccccc1O. The third-order valence-electron chi connectivity index (χ3n) is 5.19. The molecule has 4 heteroatoms. The standard InChI is InChI=1S/C25H31NO3/c1-18(23-10-6-7-11-24(23)28)29-17-22(27)16-26-25(2,3)15-19-12-13-20-8-4-5-9-21(20)14-19/h4-14,18,22,26-28H,15-17H2,1-3H3. The lowest BCUT2D eigenvalue weighted by molar-refractivity contribution is -0.00493. The molecule has 154 valence electrons. The summed E-state index contributed by atoms with van der Waals surface area (Å²) in [6.45, 7) is 6.79. The summed E-state index contributed by atoms with van der Waals surface area (Å²) in [6.07, 6.45) is -0.0460. The number of fused-ring (bicyclic) bond motifs is 1. The predicted octanol–water partition coefficient (Wildman–Crippen LogP) is 4.59. The summed E-state index contributed by atoms with van der Waals surface area (Å²) in [6, 6.07) is 22.0. The molecule has 0 amide bonds. The van der Waals surface area contributed by atoms with Gasteiger partial charge in [-0.1, -0.05) is 60.7 Å². The molecule has 0 aliphatic rings. The van der Waals surface area contributed by atoms with Crippen molar-refractivity contribution in [1.29, 1.82) is 0 Å². The van der Waals surface area contributed by atoms with E-state index in [4.69, 9.17) is 4.74 Å². The van der Waals surface area contributed by atoms with Crippen molar-refractivity contribution >= 4 is 10.8 Å². The molecule has 0 radical (unpaired) electrons. The number of nitrogens with one attached hydrogen (secondary N) is 1. The van der Waals surface area contributed by atoms with Crippen LogP contribution in [0.15, 0.2) is 66.7 Å². The van der Waals surface area contributed by atoms with E-state index in [1.54, 1.807) is 12.1 Å². The minimum Gasteiger partial charge on any atom is -0.508 e.